The van der Waals surface area contributed by atoms with E-state index in [0.29, 0.717) is 18.1 Å². The molecule has 13 heavy (non-hydrogen) atoms. The van der Waals surface area contributed by atoms with Gasteiger partial charge in [-0.05, 0) is 32.4 Å². The molecule has 1 aliphatic heterocycles. The molecule has 74 valence electrons. The van der Waals surface area contributed by atoms with Gasteiger partial charge in [0.05, 0.1) is 6.04 Å². The topological polar surface area (TPSA) is 20.3 Å². The van der Waals surface area contributed by atoms with Gasteiger partial charge in [-0.3, -0.25) is 9.69 Å². The van der Waals surface area contributed by atoms with Gasteiger partial charge < -0.3 is 0 Å². The maximum absolute atomic E-state index is 11.6. The minimum atomic E-state index is 0.156. The second-order valence-corrected chi connectivity index (χ2v) is 3.82. The lowest BCUT2D eigenvalue weighted by molar-refractivity contribution is -0.123. The number of likely N-dealkylation sites (N-methyl/N-ethyl adjacent to an activating group) is 1. The van der Waals surface area contributed by atoms with Gasteiger partial charge in [-0.25, -0.2) is 0 Å². The van der Waals surface area contributed by atoms with Crippen LogP contribution in [0, 0.1) is 5.92 Å². The standard InChI is InChI=1S/C11H19NO/c1-4-6-9-7-8-12(3)11(9)10(13)5-2/h4,9,11H,1,5-8H2,2-3H3. The summed E-state index contributed by atoms with van der Waals surface area (Å²) in [4.78, 5) is 13.8. The van der Waals surface area contributed by atoms with E-state index in [-0.39, 0.29) is 6.04 Å². The first-order valence-electron chi connectivity index (χ1n) is 5.04. The summed E-state index contributed by atoms with van der Waals surface area (Å²) in [6, 6.07) is 0.156. The van der Waals surface area contributed by atoms with Crippen molar-refractivity contribution in [3.05, 3.63) is 12.7 Å². The molecule has 1 saturated heterocycles. The van der Waals surface area contributed by atoms with E-state index in [1.54, 1.807) is 0 Å². The predicted octanol–water partition coefficient (Wildman–Crippen LogP) is 1.86. The van der Waals surface area contributed by atoms with Gasteiger partial charge >= 0.3 is 0 Å². The Morgan fingerprint density at radius 2 is 2.38 bits per heavy atom. The molecule has 0 aromatic heterocycles. The van der Waals surface area contributed by atoms with E-state index in [1.807, 2.05) is 20.0 Å². The van der Waals surface area contributed by atoms with Crippen molar-refractivity contribution in [2.75, 3.05) is 13.6 Å². The van der Waals surface area contributed by atoms with Gasteiger partial charge in [0, 0.05) is 6.42 Å². The van der Waals surface area contributed by atoms with Crippen molar-refractivity contribution in [1.29, 1.82) is 0 Å². The number of hydrogen-bond acceptors (Lipinski definition) is 2. The van der Waals surface area contributed by atoms with Gasteiger partial charge in [-0.1, -0.05) is 13.0 Å². The molecule has 0 bridgehead atoms. The smallest absolute Gasteiger partial charge is 0.149 e. The number of rotatable bonds is 4. The SMILES string of the molecule is C=CCC1CCN(C)C1C(=O)CC. The minimum Gasteiger partial charge on any atom is -0.298 e. The molecule has 0 amide bonds. The molecule has 2 atom stereocenters. The molecule has 0 aromatic carbocycles. The number of nitrogens with zero attached hydrogens (tertiary/aromatic N) is 1. The lowest BCUT2D eigenvalue weighted by atomic mass is 9.93. The number of hydrogen-bond donors (Lipinski definition) is 0. The van der Waals surface area contributed by atoms with Crippen molar-refractivity contribution in [3.8, 4) is 0 Å². The van der Waals surface area contributed by atoms with Crippen LogP contribution in [0.1, 0.15) is 26.2 Å². The van der Waals surface area contributed by atoms with Crippen molar-refractivity contribution in [2.45, 2.75) is 32.2 Å². The molecule has 1 heterocycles. The van der Waals surface area contributed by atoms with Crippen molar-refractivity contribution in [3.63, 3.8) is 0 Å². The molecule has 1 rings (SSSR count). The van der Waals surface area contributed by atoms with E-state index in [0.717, 1.165) is 19.4 Å². The Kier molecular flexibility index (Phi) is 3.67. The fourth-order valence-electron chi connectivity index (χ4n) is 2.20. The van der Waals surface area contributed by atoms with Crippen LogP contribution in [-0.2, 0) is 4.79 Å². The molecule has 0 aromatic rings. The molecular formula is C11H19NO. The largest absolute Gasteiger partial charge is 0.298 e. The molecule has 2 unspecified atom stereocenters. The number of ketones is 1. The fraction of sp³-hybridized carbons (Fsp3) is 0.727. The highest BCUT2D eigenvalue weighted by molar-refractivity contribution is 5.84. The lowest BCUT2D eigenvalue weighted by Gasteiger charge is -2.22. The number of Topliss-reactive ketones (excluding diaryl/α,β-unsaturated/α-hetero) is 1. The second kappa shape index (κ2) is 4.56. The Morgan fingerprint density at radius 1 is 1.69 bits per heavy atom. The van der Waals surface area contributed by atoms with E-state index in [4.69, 9.17) is 0 Å². The Bertz CT molecular complexity index is 200. The molecular weight excluding hydrogens is 162 g/mol. The highest BCUT2D eigenvalue weighted by Crippen LogP contribution is 2.27. The highest BCUT2D eigenvalue weighted by atomic mass is 16.1. The van der Waals surface area contributed by atoms with Gasteiger partial charge in [0.1, 0.15) is 5.78 Å². The van der Waals surface area contributed by atoms with Gasteiger partial charge in [0.15, 0.2) is 0 Å². The first-order chi connectivity index (χ1) is 6.20. The summed E-state index contributed by atoms with van der Waals surface area (Å²) in [6.45, 7) is 6.73. The Balaban J connectivity index is 2.64. The third-order valence-corrected chi connectivity index (χ3v) is 2.92. The minimum absolute atomic E-state index is 0.156. The normalized spacial score (nSPS) is 29.1. The summed E-state index contributed by atoms with van der Waals surface area (Å²) in [7, 11) is 2.04. The van der Waals surface area contributed by atoms with Crippen molar-refractivity contribution in [2.24, 2.45) is 5.92 Å². The number of allylic oxidation sites excluding steroid dienone is 1. The highest BCUT2D eigenvalue weighted by Gasteiger charge is 2.34. The number of carbonyl (C=O) groups is 1. The van der Waals surface area contributed by atoms with Crippen LogP contribution < -0.4 is 0 Å². The van der Waals surface area contributed by atoms with Gasteiger partial charge in [0.25, 0.3) is 0 Å². The molecule has 0 aliphatic carbocycles. The van der Waals surface area contributed by atoms with E-state index < -0.39 is 0 Å². The summed E-state index contributed by atoms with van der Waals surface area (Å²) in [5.74, 6) is 0.891. The van der Waals surface area contributed by atoms with E-state index >= 15 is 0 Å². The summed E-state index contributed by atoms with van der Waals surface area (Å²) in [5, 5.41) is 0. The third-order valence-electron chi connectivity index (χ3n) is 2.92. The molecule has 2 nitrogen and oxygen atoms in total. The van der Waals surface area contributed by atoms with Crippen LogP contribution in [0.5, 0.6) is 0 Å². The van der Waals surface area contributed by atoms with E-state index in [2.05, 4.69) is 11.5 Å². The van der Waals surface area contributed by atoms with Gasteiger partial charge in [0.2, 0.25) is 0 Å². The third kappa shape index (κ3) is 2.19. The van der Waals surface area contributed by atoms with Crippen LogP contribution in [0.15, 0.2) is 12.7 Å². The zero-order valence-electron chi connectivity index (χ0n) is 8.62. The maximum atomic E-state index is 11.6. The zero-order valence-corrected chi connectivity index (χ0v) is 8.62. The van der Waals surface area contributed by atoms with Crippen LogP contribution in [0.4, 0.5) is 0 Å². The Hall–Kier alpha value is -0.630. The van der Waals surface area contributed by atoms with Crippen LogP contribution >= 0.6 is 0 Å². The van der Waals surface area contributed by atoms with Crippen molar-refractivity contribution < 1.29 is 4.79 Å². The molecule has 1 fully saturated rings. The summed E-state index contributed by atoms with van der Waals surface area (Å²) >= 11 is 0. The van der Waals surface area contributed by atoms with Gasteiger partial charge in [-0.2, -0.15) is 0 Å². The van der Waals surface area contributed by atoms with Crippen molar-refractivity contribution in [1.82, 2.24) is 4.90 Å². The first-order valence-corrected chi connectivity index (χ1v) is 5.04. The Labute approximate surface area is 80.6 Å². The van der Waals surface area contributed by atoms with Crippen LogP contribution in [0.2, 0.25) is 0 Å². The molecule has 0 saturated carbocycles. The average molecular weight is 181 g/mol. The van der Waals surface area contributed by atoms with Crippen LogP contribution in [0.25, 0.3) is 0 Å². The quantitative estimate of drug-likeness (QED) is 0.617. The predicted molar refractivity (Wildman–Crippen MR) is 54.6 cm³/mol. The number of likely N-dealkylation sites (tertiary alicyclic amines) is 1. The van der Waals surface area contributed by atoms with E-state index in [1.165, 1.54) is 0 Å². The van der Waals surface area contributed by atoms with Crippen LogP contribution in [-0.4, -0.2) is 30.3 Å². The van der Waals surface area contributed by atoms with Crippen molar-refractivity contribution >= 4 is 5.78 Å². The van der Waals surface area contributed by atoms with E-state index in [9.17, 15) is 4.79 Å². The average Bonchev–Trinajstić information content (AvgIpc) is 2.47. The molecule has 1 aliphatic rings. The maximum Gasteiger partial charge on any atom is 0.149 e. The molecule has 0 N–H and O–H groups in total. The summed E-state index contributed by atoms with van der Waals surface area (Å²) in [6.07, 6.45) is 4.70. The summed E-state index contributed by atoms with van der Waals surface area (Å²) in [5.41, 5.74) is 0. The Morgan fingerprint density at radius 3 is 2.92 bits per heavy atom. The first kappa shape index (κ1) is 10.5. The monoisotopic (exact) mass is 181 g/mol. The molecule has 0 radical (unpaired) electrons. The fourth-order valence-corrected chi connectivity index (χ4v) is 2.20. The zero-order chi connectivity index (χ0) is 9.84. The number of carbonyl (C=O) groups excluding carboxylic acids is 1. The van der Waals surface area contributed by atoms with Crippen LogP contribution in [0.3, 0.4) is 0 Å². The molecule has 0 spiro atoms. The van der Waals surface area contributed by atoms with Gasteiger partial charge in [-0.15, -0.1) is 6.58 Å². The molecule has 2 heteroatoms. The summed E-state index contributed by atoms with van der Waals surface area (Å²) < 4.78 is 0. The second-order valence-electron chi connectivity index (χ2n) is 3.82. The lowest BCUT2D eigenvalue weighted by Crippen LogP contribution is -2.36.